The van der Waals surface area contributed by atoms with Crippen LogP contribution >= 0.6 is 11.6 Å². The Balaban J connectivity index is 1.67. The Morgan fingerprint density at radius 1 is 1.30 bits per heavy atom. The number of rotatable bonds is 5. The molecule has 1 heterocycles. The van der Waals surface area contributed by atoms with Crippen molar-refractivity contribution >= 4 is 11.6 Å². The van der Waals surface area contributed by atoms with Crippen LogP contribution in [0.15, 0.2) is 28.7 Å². The van der Waals surface area contributed by atoms with E-state index in [-0.39, 0.29) is 6.10 Å². The number of aryl methyl sites for hydroxylation is 1. The fraction of sp³-hybridized carbons (Fsp3) is 0.500. The van der Waals surface area contributed by atoms with Crippen LogP contribution in [0.5, 0.6) is 0 Å². The fourth-order valence-electron chi connectivity index (χ4n) is 3.32. The molecule has 0 amide bonds. The fourth-order valence-corrected chi connectivity index (χ4v) is 3.44. The van der Waals surface area contributed by atoms with Crippen LogP contribution in [0.1, 0.15) is 30.8 Å². The number of hydrogen-bond acceptors (Lipinski definition) is 4. The van der Waals surface area contributed by atoms with E-state index < -0.39 is 0 Å². The number of halogens is 1. The topological polar surface area (TPSA) is 49.5 Å². The minimum atomic E-state index is -0.159. The molecule has 23 heavy (non-hydrogen) atoms. The van der Waals surface area contributed by atoms with Crippen LogP contribution in [0, 0.1) is 12.8 Å². The maximum atomic E-state index is 9.95. The van der Waals surface area contributed by atoms with E-state index in [1.54, 1.807) is 0 Å². The van der Waals surface area contributed by atoms with Gasteiger partial charge in [-0.1, -0.05) is 18.0 Å². The highest BCUT2D eigenvalue weighted by Crippen LogP contribution is 2.28. The molecule has 1 aromatic heterocycles. The lowest BCUT2D eigenvalue weighted by atomic mass is 10.1. The molecule has 124 valence electrons. The lowest BCUT2D eigenvalue weighted by Gasteiger charge is -2.21. The maximum Gasteiger partial charge on any atom is 0.209 e. The van der Waals surface area contributed by atoms with Gasteiger partial charge in [0.25, 0.3) is 0 Å². The summed E-state index contributed by atoms with van der Waals surface area (Å²) in [6.45, 7) is 3.48. The standard InChI is InChI=1S/C18H23ClN2O2/c1-12-18(13-6-8-15(19)9-7-13)23-17(20-12)11-21(2)10-14-4-3-5-16(14)22/h6-9,14,16,22H,3-5,10-11H2,1-2H3. The summed E-state index contributed by atoms with van der Waals surface area (Å²) in [6, 6.07) is 7.59. The summed E-state index contributed by atoms with van der Waals surface area (Å²) in [5, 5.41) is 10.7. The molecular weight excluding hydrogens is 312 g/mol. The van der Waals surface area contributed by atoms with Crippen molar-refractivity contribution in [1.82, 2.24) is 9.88 Å². The van der Waals surface area contributed by atoms with Gasteiger partial charge in [-0.15, -0.1) is 0 Å². The normalized spacial score (nSPS) is 21.3. The van der Waals surface area contributed by atoms with E-state index >= 15 is 0 Å². The Kier molecular flexibility index (Phi) is 5.05. The minimum absolute atomic E-state index is 0.159. The average molecular weight is 335 g/mol. The van der Waals surface area contributed by atoms with Crippen molar-refractivity contribution in [2.45, 2.75) is 38.8 Å². The molecule has 1 saturated carbocycles. The van der Waals surface area contributed by atoms with E-state index in [4.69, 9.17) is 16.0 Å². The zero-order valence-corrected chi connectivity index (χ0v) is 14.4. The number of hydrogen-bond donors (Lipinski definition) is 1. The molecule has 0 radical (unpaired) electrons. The third kappa shape index (κ3) is 3.94. The molecule has 1 aliphatic carbocycles. The number of aromatic nitrogens is 1. The van der Waals surface area contributed by atoms with Crippen LogP contribution < -0.4 is 0 Å². The summed E-state index contributed by atoms with van der Waals surface area (Å²) in [5.74, 6) is 1.88. The molecule has 5 heteroatoms. The molecule has 0 saturated heterocycles. The van der Waals surface area contributed by atoms with Gasteiger partial charge < -0.3 is 9.52 Å². The van der Waals surface area contributed by atoms with Crippen LogP contribution in [0.2, 0.25) is 5.02 Å². The van der Waals surface area contributed by atoms with Gasteiger partial charge in [-0.05, 0) is 57.0 Å². The second-order valence-corrected chi connectivity index (χ2v) is 6.92. The SMILES string of the molecule is Cc1nc(CN(C)CC2CCCC2O)oc1-c1ccc(Cl)cc1. The minimum Gasteiger partial charge on any atom is -0.439 e. The lowest BCUT2D eigenvalue weighted by Crippen LogP contribution is -2.29. The molecule has 0 aliphatic heterocycles. The van der Waals surface area contributed by atoms with Crippen molar-refractivity contribution in [3.63, 3.8) is 0 Å². The lowest BCUT2D eigenvalue weighted by molar-refractivity contribution is 0.105. The van der Waals surface area contributed by atoms with Crippen molar-refractivity contribution in [3.8, 4) is 11.3 Å². The van der Waals surface area contributed by atoms with Crippen LogP contribution in [0.4, 0.5) is 0 Å². The largest absolute Gasteiger partial charge is 0.439 e. The van der Waals surface area contributed by atoms with Crippen LogP contribution in [0.25, 0.3) is 11.3 Å². The van der Waals surface area contributed by atoms with Crippen molar-refractivity contribution < 1.29 is 9.52 Å². The molecule has 0 spiro atoms. The van der Waals surface area contributed by atoms with E-state index in [1.165, 1.54) is 0 Å². The summed E-state index contributed by atoms with van der Waals surface area (Å²) < 4.78 is 5.94. The van der Waals surface area contributed by atoms with Gasteiger partial charge in [0.15, 0.2) is 5.76 Å². The van der Waals surface area contributed by atoms with Gasteiger partial charge in [0.2, 0.25) is 5.89 Å². The monoisotopic (exact) mass is 334 g/mol. The number of benzene rings is 1. The van der Waals surface area contributed by atoms with E-state index in [0.717, 1.165) is 42.8 Å². The average Bonchev–Trinajstić information content (AvgIpc) is 3.06. The van der Waals surface area contributed by atoms with Crippen molar-refractivity contribution in [1.29, 1.82) is 0 Å². The van der Waals surface area contributed by atoms with E-state index in [9.17, 15) is 5.11 Å². The zero-order valence-electron chi connectivity index (χ0n) is 13.6. The van der Waals surface area contributed by atoms with E-state index in [0.29, 0.717) is 23.4 Å². The Labute approximate surface area is 142 Å². The van der Waals surface area contributed by atoms with Gasteiger partial charge in [-0.25, -0.2) is 4.98 Å². The zero-order chi connectivity index (χ0) is 16.4. The summed E-state index contributed by atoms with van der Waals surface area (Å²) in [6.07, 6.45) is 3.00. The molecule has 1 aromatic carbocycles. The van der Waals surface area contributed by atoms with Gasteiger partial charge in [0.05, 0.1) is 18.3 Å². The Morgan fingerprint density at radius 3 is 2.70 bits per heavy atom. The molecule has 2 atom stereocenters. The predicted molar refractivity (Wildman–Crippen MR) is 91.4 cm³/mol. The van der Waals surface area contributed by atoms with Crippen LogP contribution in [-0.4, -0.2) is 34.7 Å². The highest BCUT2D eigenvalue weighted by atomic mass is 35.5. The van der Waals surface area contributed by atoms with E-state index in [2.05, 4.69) is 9.88 Å². The molecule has 0 bridgehead atoms. The molecule has 4 nitrogen and oxygen atoms in total. The third-order valence-corrected chi connectivity index (χ3v) is 4.77. The Hall–Kier alpha value is -1.36. The molecule has 1 aliphatic rings. The van der Waals surface area contributed by atoms with Crippen LogP contribution in [0.3, 0.4) is 0 Å². The summed E-state index contributed by atoms with van der Waals surface area (Å²) in [5.41, 5.74) is 1.87. The number of aliphatic hydroxyl groups excluding tert-OH is 1. The summed E-state index contributed by atoms with van der Waals surface area (Å²) in [7, 11) is 2.05. The molecule has 2 aromatic rings. The second-order valence-electron chi connectivity index (χ2n) is 6.48. The Bertz CT molecular complexity index is 654. The first kappa shape index (κ1) is 16.5. The molecular formula is C18H23ClN2O2. The van der Waals surface area contributed by atoms with Crippen LogP contribution in [-0.2, 0) is 6.54 Å². The highest BCUT2D eigenvalue weighted by molar-refractivity contribution is 6.30. The Morgan fingerprint density at radius 2 is 2.04 bits per heavy atom. The van der Waals surface area contributed by atoms with Gasteiger partial charge in [-0.2, -0.15) is 0 Å². The smallest absolute Gasteiger partial charge is 0.209 e. The summed E-state index contributed by atoms with van der Waals surface area (Å²) in [4.78, 5) is 6.72. The quantitative estimate of drug-likeness (QED) is 0.901. The first-order valence-corrected chi connectivity index (χ1v) is 8.49. The summed E-state index contributed by atoms with van der Waals surface area (Å²) >= 11 is 5.93. The number of nitrogens with zero attached hydrogens (tertiary/aromatic N) is 2. The molecule has 3 rings (SSSR count). The van der Waals surface area contributed by atoms with Gasteiger partial charge in [0.1, 0.15) is 0 Å². The third-order valence-electron chi connectivity index (χ3n) is 4.52. The first-order chi connectivity index (χ1) is 11.0. The van der Waals surface area contributed by atoms with Crippen molar-refractivity contribution in [2.75, 3.05) is 13.6 Å². The van der Waals surface area contributed by atoms with Gasteiger partial charge >= 0.3 is 0 Å². The molecule has 1 fully saturated rings. The predicted octanol–water partition coefficient (Wildman–Crippen LogP) is 3.90. The highest BCUT2D eigenvalue weighted by Gasteiger charge is 2.26. The number of oxazole rings is 1. The number of aliphatic hydroxyl groups is 1. The second kappa shape index (κ2) is 7.04. The van der Waals surface area contributed by atoms with Gasteiger partial charge in [0, 0.05) is 17.1 Å². The first-order valence-electron chi connectivity index (χ1n) is 8.12. The van der Waals surface area contributed by atoms with Gasteiger partial charge in [-0.3, -0.25) is 4.90 Å². The van der Waals surface area contributed by atoms with E-state index in [1.807, 2.05) is 38.2 Å². The van der Waals surface area contributed by atoms with Crippen molar-refractivity contribution in [3.05, 3.63) is 40.9 Å². The molecule has 1 N–H and O–H groups in total. The molecule has 2 unspecified atom stereocenters. The maximum absolute atomic E-state index is 9.95. The van der Waals surface area contributed by atoms with Crippen molar-refractivity contribution in [2.24, 2.45) is 5.92 Å².